The fourth-order valence-corrected chi connectivity index (χ4v) is 1.22. The summed E-state index contributed by atoms with van der Waals surface area (Å²) in [5.41, 5.74) is 1.79. The molecule has 0 saturated carbocycles. The van der Waals surface area contributed by atoms with E-state index in [1.54, 1.807) is 12.1 Å². The topological polar surface area (TPSA) is 34.1 Å². The quantitative estimate of drug-likeness (QED) is 0.668. The Morgan fingerprint density at radius 3 is 2.43 bits per heavy atom. The first kappa shape index (κ1) is 10.6. The van der Waals surface area contributed by atoms with Crippen molar-refractivity contribution in [1.82, 2.24) is 0 Å². The SMILES string of the molecule is CCC(=O)CCc1ccc(C=O)cc1. The lowest BCUT2D eigenvalue weighted by Gasteiger charge is -1.99. The Kier molecular flexibility index (Phi) is 4.05. The molecule has 0 amide bonds. The molecule has 0 unspecified atom stereocenters. The number of hydrogen-bond donors (Lipinski definition) is 0. The van der Waals surface area contributed by atoms with Crippen LogP contribution in [0.1, 0.15) is 35.7 Å². The van der Waals surface area contributed by atoms with Crippen molar-refractivity contribution in [2.24, 2.45) is 0 Å². The molecule has 0 fully saturated rings. The molecule has 1 aromatic rings. The lowest BCUT2D eigenvalue weighted by atomic mass is 10.1. The molecule has 0 aliphatic rings. The highest BCUT2D eigenvalue weighted by molar-refractivity contribution is 5.78. The van der Waals surface area contributed by atoms with Gasteiger partial charge in [-0.1, -0.05) is 31.2 Å². The van der Waals surface area contributed by atoms with Crippen molar-refractivity contribution in [2.75, 3.05) is 0 Å². The van der Waals surface area contributed by atoms with Crippen molar-refractivity contribution in [2.45, 2.75) is 26.2 Å². The number of carbonyl (C=O) groups is 2. The minimum Gasteiger partial charge on any atom is -0.300 e. The van der Waals surface area contributed by atoms with Gasteiger partial charge in [0.2, 0.25) is 0 Å². The zero-order valence-corrected chi connectivity index (χ0v) is 8.32. The van der Waals surface area contributed by atoms with Gasteiger partial charge in [0.15, 0.2) is 0 Å². The van der Waals surface area contributed by atoms with E-state index in [-0.39, 0.29) is 5.78 Å². The summed E-state index contributed by atoms with van der Waals surface area (Å²) >= 11 is 0. The van der Waals surface area contributed by atoms with Crippen molar-refractivity contribution in [1.29, 1.82) is 0 Å². The van der Waals surface area contributed by atoms with Gasteiger partial charge >= 0.3 is 0 Å². The molecule has 0 aromatic heterocycles. The number of aldehydes is 1. The summed E-state index contributed by atoms with van der Waals surface area (Å²) in [5.74, 6) is 0.282. The van der Waals surface area contributed by atoms with E-state index in [0.717, 1.165) is 18.3 Å². The summed E-state index contributed by atoms with van der Waals surface area (Å²) in [4.78, 5) is 21.4. The monoisotopic (exact) mass is 190 g/mol. The van der Waals surface area contributed by atoms with E-state index in [9.17, 15) is 9.59 Å². The van der Waals surface area contributed by atoms with Crippen molar-refractivity contribution in [3.8, 4) is 0 Å². The Hall–Kier alpha value is -1.44. The third kappa shape index (κ3) is 3.13. The number of benzene rings is 1. The first-order valence-electron chi connectivity index (χ1n) is 4.82. The minimum absolute atomic E-state index is 0.282. The number of ketones is 1. The van der Waals surface area contributed by atoms with E-state index in [4.69, 9.17) is 0 Å². The predicted molar refractivity (Wildman–Crippen MR) is 55.4 cm³/mol. The van der Waals surface area contributed by atoms with Crippen molar-refractivity contribution >= 4 is 12.1 Å². The van der Waals surface area contributed by atoms with Crippen LogP contribution in [0.5, 0.6) is 0 Å². The smallest absolute Gasteiger partial charge is 0.150 e. The molecule has 14 heavy (non-hydrogen) atoms. The van der Waals surface area contributed by atoms with Crippen molar-refractivity contribution in [3.63, 3.8) is 0 Å². The van der Waals surface area contributed by atoms with Crippen LogP contribution >= 0.6 is 0 Å². The maximum Gasteiger partial charge on any atom is 0.150 e. The number of hydrogen-bond acceptors (Lipinski definition) is 2. The van der Waals surface area contributed by atoms with Crippen LogP contribution in [0.2, 0.25) is 0 Å². The van der Waals surface area contributed by atoms with Gasteiger partial charge in [-0.05, 0) is 12.0 Å². The Bertz CT molecular complexity index is 312. The molecular weight excluding hydrogens is 176 g/mol. The Labute approximate surface area is 83.9 Å². The molecule has 0 saturated heterocycles. The van der Waals surface area contributed by atoms with Gasteiger partial charge in [0.1, 0.15) is 12.1 Å². The molecule has 0 aliphatic carbocycles. The van der Waals surface area contributed by atoms with E-state index < -0.39 is 0 Å². The van der Waals surface area contributed by atoms with E-state index in [2.05, 4.69) is 0 Å². The van der Waals surface area contributed by atoms with Gasteiger partial charge in [-0.2, -0.15) is 0 Å². The zero-order valence-electron chi connectivity index (χ0n) is 8.32. The average molecular weight is 190 g/mol. The average Bonchev–Trinajstić information content (AvgIpc) is 2.26. The van der Waals surface area contributed by atoms with E-state index in [1.165, 1.54) is 0 Å². The second-order valence-corrected chi connectivity index (χ2v) is 3.25. The molecule has 2 heteroatoms. The minimum atomic E-state index is 0.282. The van der Waals surface area contributed by atoms with Crippen LogP contribution in [0.25, 0.3) is 0 Å². The third-order valence-electron chi connectivity index (χ3n) is 2.20. The number of aryl methyl sites for hydroxylation is 1. The highest BCUT2D eigenvalue weighted by atomic mass is 16.1. The van der Waals surface area contributed by atoms with Crippen molar-refractivity contribution < 1.29 is 9.59 Å². The highest BCUT2D eigenvalue weighted by Gasteiger charge is 1.99. The van der Waals surface area contributed by atoms with Gasteiger partial charge in [-0.3, -0.25) is 9.59 Å². The van der Waals surface area contributed by atoms with Gasteiger partial charge in [0, 0.05) is 18.4 Å². The molecule has 0 spiro atoms. The van der Waals surface area contributed by atoms with Crippen LogP contribution < -0.4 is 0 Å². The standard InChI is InChI=1S/C12H14O2/c1-2-12(14)8-7-10-3-5-11(9-13)6-4-10/h3-6,9H,2,7-8H2,1H3. The molecule has 1 aromatic carbocycles. The van der Waals surface area contributed by atoms with Gasteiger partial charge in [0.25, 0.3) is 0 Å². The fraction of sp³-hybridized carbons (Fsp3) is 0.333. The lowest BCUT2D eigenvalue weighted by molar-refractivity contribution is -0.118. The molecule has 74 valence electrons. The molecule has 1 rings (SSSR count). The first-order chi connectivity index (χ1) is 6.76. The maximum absolute atomic E-state index is 11.1. The molecule has 0 radical (unpaired) electrons. The predicted octanol–water partition coefficient (Wildman–Crippen LogP) is 2.41. The summed E-state index contributed by atoms with van der Waals surface area (Å²) in [7, 11) is 0. The molecule has 2 nitrogen and oxygen atoms in total. The van der Waals surface area contributed by atoms with Crippen molar-refractivity contribution in [3.05, 3.63) is 35.4 Å². The highest BCUT2D eigenvalue weighted by Crippen LogP contribution is 2.06. The number of rotatable bonds is 5. The van der Waals surface area contributed by atoms with Crippen LogP contribution in [0.15, 0.2) is 24.3 Å². The normalized spacial score (nSPS) is 9.79. The molecule has 0 N–H and O–H groups in total. The lowest BCUT2D eigenvalue weighted by Crippen LogP contribution is -1.97. The van der Waals surface area contributed by atoms with Crippen LogP contribution in [-0.2, 0) is 11.2 Å². The summed E-state index contributed by atoms with van der Waals surface area (Å²) < 4.78 is 0. The van der Waals surface area contributed by atoms with Gasteiger partial charge in [0.05, 0.1) is 0 Å². The number of Topliss-reactive ketones (excluding diaryl/α,β-unsaturated/α-hetero) is 1. The van der Waals surface area contributed by atoms with Crippen LogP contribution in [0.3, 0.4) is 0 Å². The van der Waals surface area contributed by atoms with E-state index in [0.29, 0.717) is 18.4 Å². The van der Waals surface area contributed by atoms with Crippen LogP contribution in [0, 0.1) is 0 Å². The van der Waals surface area contributed by atoms with E-state index in [1.807, 2.05) is 19.1 Å². The summed E-state index contributed by atoms with van der Waals surface area (Å²) in [6, 6.07) is 7.34. The zero-order chi connectivity index (χ0) is 10.4. The second kappa shape index (κ2) is 5.32. The summed E-state index contributed by atoms with van der Waals surface area (Å²) in [6.07, 6.45) is 2.79. The summed E-state index contributed by atoms with van der Waals surface area (Å²) in [6.45, 7) is 1.87. The van der Waals surface area contributed by atoms with Crippen LogP contribution in [0.4, 0.5) is 0 Å². The van der Waals surface area contributed by atoms with E-state index >= 15 is 0 Å². The van der Waals surface area contributed by atoms with Gasteiger partial charge in [-0.25, -0.2) is 0 Å². The number of carbonyl (C=O) groups excluding carboxylic acids is 2. The van der Waals surface area contributed by atoms with Gasteiger partial charge < -0.3 is 0 Å². The molecular formula is C12H14O2. The fourth-order valence-electron chi connectivity index (χ4n) is 1.22. The molecule has 0 heterocycles. The first-order valence-corrected chi connectivity index (χ1v) is 4.82. The molecule has 0 bridgehead atoms. The second-order valence-electron chi connectivity index (χ2n) is 3.25. The van der Waals surface area contributed by atoms with Gasteiger partial charge in [-0.15, -0.1) is 0 Å². The Morgan fingerprint density at radius 2 is 1.93 bits per heavy atom. The van der Waals surface area contributed by atoms with Crippen LogP contribution in [-0.4, -0.2) is 12.1 Å². The maximum atomic E-state index is 11.1. The largest absolute Gasteiger partial charge is 0.300 e. The summed E-state index contributed by atoms with van der Waals surface area (Å²) in [5, 5.41) is 0. The Morgan fingerprint density at radius 1 is 1.29 bits per heavy atom. The molecule has 0 atom stereocenters. The molecule has 0 aliphatic heterocycles. The Balaban J connectivity index is 2.51. The third-order valence-corrected chi connectivity index (χ3v) is 2.20.